The van der Waals surface area contributed by atoms with Gasteiger partial charge in [0, 0.05) is 23.4 Å². The molecule has 0 aromatic carbocycles. The highest BCUT2D eigenvalue weighted by atomic mass is 32.1. The zero-order chi connectivity index (χ0) is 14.3. The average molecular weight is 286 g/mol. The highest BCUT2D eigenvalue weighted by molar-refractivity contribution is 7.18. The van der Waals surface area contributed by atoms with Crippen LogP contribution in [0, 0.1) is 6.92 Å². The Hall–Kier alpha value is -2.08. The topological polar surface area (TPSA) is 60.7 Å². The second-order valence-electron chi connectivity index (χ2n) is 4.75. The predicted octanol–water partition coefficient (Wildman–Crippen LogP) is 3.01. The molecule has 0 N–H and O–H groups in total. The van der Waals surface area contributed by atoms with Gasteiger partial charge in [-0.3, -0.25) is 4.79 Å². The summed E-state index contributed by atoms with van der Waals surface area (Å²) in [7, 11) is 0. The second kappa shape index (κ2) is 4.79. The van der Waals surface area contributed by atoms with Gasteiger partial charge in [0.15, 0.2) is 11.5 Å². The molecule has 3 rings (SSSR count). The minimum Gasteiger partial charge on any atom is -0.293 e. The zero-order valence-corrected chi connectivity index (χ0v) is 12.3. The van der Waals surface area contributed by atoms with Crippen molar-refractivity contribution in [1.82, 2.24) is 20.0 Å². The molecule has 0 aliphatic heterocycles. The van der Waals surface area contributed by atoms with E-state index in [-0.39, 0.29) is 11.8 Å². The second-order valence-corrected chi connectivity index (χ2v) is 5.81. The van der Waals surface area contributed by atoms with Crippen LogP contribution in [0.2, 0.25) is 0 Å². The Balaban J connectivity index is 2.03. The third-order valence-electron chi connectivity index (χ3n) is 3.35. The van der Waals surface area contributed by atoms with E-state index >= 15 is 0 Å². The van der Waals surface area contributed by atoms with E-state index in [0.29, 0.717) is 5.69 Å². The van der Waals surface area contributed by atoms with Crippen molar-refractivity contribution in [3.63, 3.8) is 0 Å². The minimum absolute atomic E-state index is 0.0369. The van der Waals surface area contributed by atoms with Gasteiger partial charge < -0.3 is 0 Å². The fourth-order valence-electron chi connectivity index (χ4n) is 2.25. The van der Waals surface area contributed by atoms with Crippen molar-refractivity contribution < 1.29 is 4.79 Å². The number of hydrogen-bond donors (Lipinski definition) is 0. The van der Waals surface area contributed by atoms with Gasteiger partial charge in [-0.25, -0.2) is 9.67 Å². The van der Waals surface area contributed by atoms with Gasteiger partial charge in [0.05, 0.1) is 11.7 Å². The first kappa shape index (κ1) is 12.9. The van der Waals surface area contributed by atoms with Crippen LogP contribution in [0.4, 0.5) is 0 Å². The fourth-order valence-corrected chi connectivity index (χ4v) is 3.29. The number of carbonyl (C=O) groups is 1. The summed E-state index contributed by atoms with van der Waals surface area (Å²) in [6, 6.07) is 6.13. The molecular weight excluding hydrogens is 272 g/mol. The van der Waals surface area contributed by atoms with Crippen LogP contribution >= 0.6 is 11.3 Å². The number of rotatable bonds is 3. The first-order chi connectivity index (χ1) is 9.58. The van der Waals surface area contributed by atoms with E-state index in [4.69, 9.17) is 0 Å². The molecule has 3 aromatic heterocycles. The first-order valence-electron chi connectivity index (χ1n) is 6.35. The molecule has 102 valence electrons. The van der Waals surface area contributed by atoms with Crippen LogP contribution in [0.1, 0.15) is 40.9 Å². The van der Waals surface area contributed by atoms with Crippen molar-refractivity contribution in [1.29, 1.82) is 0 Å². The maximum atomic E-state index is 11.5. The number of pyridine rings is 1. The highest BCUT2D eigenvalue weighted by Gasteiger charge is 2.19. The Morgan fingerprint density at radius 1 is 1.45 bits per heavy atom. The molecule has 0 amide bonds. The Bertz CT molecular complexity index is 756. The van der Waals surface area contributed by atoms with E-state index < -0.39 is 0 Å². The molecule has 0 fully saturated rings. The molecule has 0 radical (unpaired) electrons. The zero-order valence-electron chi connectivity index (χ0n) is 11.5. The number of hydrogen-bond acceptors (Lipinski definition) is 5. The number of ketones is 1. The van der Waals surface area contributed by atoms with Gasteiger partial charge in [-0.15, -0.1) is 16.4 Å². The van der Waals surface area contributed by atoms with Gasteiger partial charge in [-0.2, -0.15) is 0 Å². The molecule has 0 aliphatic carbocycles. The Morgan fingerprint density at radius 3 is 2.90 bits per heavy atom. The number of carbonyl (C=O) groups excluding carboxylic acids is 1. The van der Waals surface area contributed by atoms with Gasteiger partial charge in [-0.1, -0.05) is 11.3 Å². The van der Waals surface area contributed by atoms with E-state index in [2.05, 4.69) is 28.3 Å². The van der Waals surface area contributed by atoms with Crippen LogP contribution in [-0.2, 0) is 0 Å². The molecule has 1 unspecified atom stereocenters. The van der Waals surface area contributed by atoms with Gasteiger partial charge in [-0.05, 0) is 26.0 Å². The van der Waals surface area contributed by atoms with E-state index in [9.17, 15) is 4.79 Å². The van der Waals surface area contributed by atoms with Crippen LogP contribution in [0.25, 0.3) is 10.2 Å². The quantitative estimate of drug-likeness (QED) is 0.694. The van der Waals surface area contributed by atoms with Crippen LogP contribution in [-0.4, -0.2) is 25.8 Å². The van der Waals surface area contributed by atoms with E-state index in [1.54, 1.807) is 22.2 Å². The van der Waals surface area contributed by atoms with Crippen molar-refractivity contribution in [2.24, 2.45) is 0 Å². The van der Waals surface area contributed by atoms with Crippen molar-refractivity contribution in [3.05, 3.63) is 40.7 Å². The maximum absolute atomic E-state index is 11.5. The van der Waals surface area contributed by atoms with Gasteiger partial charge in [0.25, 0.3) is 0 Å². The first-order valence-corrected chi connectivity index (χ1v) is 7.16. The maximum Gasteiger partial charge on any atom is 0.181 e. The SMILES string of the molecule is CC(=O)c1nnn(C(C)c2cc3cccnc3s2)c1C. The normalized spacial score (nSPS) is 12.8. The molecule has 1 atom stereocenters. The number of Topliss-reactive ketones (excluding diaryl/α,β-unsaturated/α-hetero) is 1. The van der Waals surface area contributed by atoms with E-state index in [1.165, 1.54) is 6.92 Å². The lowest BCUT2D eigenvalue weighted by atomic mass is 10.2. The summed E-state index contributed by atoms with van der Waals surface area (Å²) in [5.74, 6) is -0.0565. The van der Waals surface area contributed by atoms with Gasteiger partial charge in [0.2, 0.25) is 0 Å². The van der Waals surface area contributed by atoms with Crippen molar-refractivity contribution in [2.45, 2.75) is 26.8 Å². The standard InChI is InChI=1S/C14H14N4OS/c1-8(18-9(2)13(10(3)19)16-17-18)12-7-11-5-4-6-15-14(11)20-12/h4-8H,1-3H3. The minimum atomic E-state index is -0.0565. The fraction of sp³-hybridized carbons (Fsp3) is 0.286. The third kappa shape index (κ3) is 2.02. The molecule has 0 aliphatic rings. The largest absolute Gasteiger partial charge is 0.293 e. The lowest BCUT2D eigenvalue weighted by molar-refractivity contribution is 0.101. The van der Waals surface area contributed by atoms with Crippen molar-refractivity contribution in [3.8, 4) is 0 Å². The summed E-state index contributed by atoms with van der Waals surface area (Å²) in [5, 5.41) is 9.21. The summed E-state index contributed by atoms with van der Waals surface area (Å²) < 4.78 is 1.79. The van der Waals surface area contributed by atoms with Crippen molar-refractivity contribution >= 4 is 27.3 Å². The molecule has 0 saturated heterocycles. The van der Waals surface area contributed by atoms with E-state index in [0.717, 1.165) is 20.8 Å². The third-order valence-corrected chi connectivity index (χ3v) is 4.58. The van der Waals surface area contributed by atoms with Crippen LogP contribution < -0.4 is 0 Å². The summed E-state index contributed by atoms with van der Waals surface area (Å²) in [5.41, 5.74) is 1.24. The molecule has 20 heavy (non-hydrogen) atoms. The summed E-state index contributed by atoms with van der Waals surface area (Å²) >= 11 is 1.64. The molecule has 0 bridgehead atoms. The monoisotopic (exact) mass is 286 g/mol. The lowest BCUT2D eigenvalue weighted by Gasteiger charge is -2.10. The number of nitrogens with zero attached hydrogens (tertiary/aromatic N) is 4. The molecule has 0 saturated carbocycles. The summed E-state index contributed by atoms with van der Waals surface area (Å²) in [6.45, 7) is 5.44. The van der Waals surface area contributed by atoms with Crippen LogP contribution in [0.15, 0.2) is 24.4 Å². The molecule has 0 spiro atoms. The molecule has 3 aromatic rings. The van der Waals surface area contributed by atoms with E-state index in [1.807, 2.05) is 19.1 Å². The number of fused-ring (bicyclic) bond motifs is 1. The Kier molecular flexibility index (Phi) is 3.10. The summed E-state index contributed by atoms with van der Waals surface area (Å²) in [4.78, 5) is 18.0. The van der Waals surface area contributed by atoms with Gasteiger partial charge >= 0.3 is 0 Å². The number of thiophene rings is 1. The average Bonchev–Trinajstić information content (AvgIpc) is 3.01. The smallest absolute Gasteiger partial charge is 0.181 e. The summed E-state index contributed by atoms with van der Waals surface area (Å²) in [6.07, 6.45) is 1.79. The van der Waals surface area contributed by atoms with Crippen LogP contribution in [0.5, 0.6) is 0 Å². The lowest BCUT2D eigenvalue weighted by Crippen LogP contribution is -2.09. The van der Waals surface area contributed by atoms with Crippen LogP contribution in [0.3, 0.4) is 0 Å². The number of aromatic nitrogens is 4. The molecular formula is C14H14N4OS. The molecule has 5 nitrogen and oxygen atoms in total. The molecule has 6 heteroatoms. The van der Waals surface area contributed by atoms with Crippen molar-refractivity contribution in [2.75, 3.05) is 0 Å². The molecule has 3 heterocycles. The van der Waals surface area contributed by atoms with Gasteiger partial charge in [0.1, 0.15) is 4.83 Å². The highest BCUT2D eigenvalue weighted by Crippen LogP contribution is 2.30. The predicted molar refractivity (Wildman–Crippen MR) is 78.2 cm³/mol. The Morgan fingerprint density at radius 2 is 2.25 bits per heavy atom. The Labute approximate surface area is 120 Å².